The van der Waals surface area contributed by atoms with Crippen molar-refractivity contribution in [2.45, 2.75) is 45.4 Å². The largest absolute Gasteiger partial charge is 0.303 e. The van der Waals surface area contributed by atoms with Crippen molar-refractivity contribution in [2.24, 2.45) is 11.8 Å². The lowest BCUT2D eigenvalue weighted by Crippen LogP contribution is -2.36. The number of halogens is 1. The molecule has 0 aromatic carbocycles. The Morgan fingerprint density at radius 2 is 1.79 bits per heavy atom. The Morgan fingerprint density at radius 3 is 2.21 bits per heavy atom. The van der Waals surface area contributed by atoms with Crippen LogP contribution in [-0.2, 0) is 0 Å². The number of piperidine rings is 1. The van der Waals surface area contributed by atoms with E-state index in [2.05, 4.69) is 25.7 Å². The van der Waals surface area contributed by atoms with Crippen LogP contribution in [0.3, 0.4) is 0 Å². The molecular formula is C12H24ClN. The first-order valence-electron chi connectivity index (χ1n) is 5.96. The molecule has 1 fully saturated rings. The first-order chi connectivity index (χ1) is 6.59. The fourth-order valence-electron chi connectivity index (χ4n) is 2.08. The molecule has 0 aliphatic carbocycles. The van der Waals surface area contributed by atoms with Gasteiger partial charge in [0.25, 0.3) is 0 Å². The fraction of sp³-hybridized carbons (Fsp3) is 1.00. The summed E-state index contributed by atoms with van der Waals surface area (Å²) in [6.45, 7) is 10.5. The molecule has 1 unspecified atom stereocenters. The van der Waals surface area contributed by atoms with Gasteiger partial charge in [0, 0.05) is 5.38 Å². The predicted octanol–water partition coefficient (Wildman–Crippen LogP) is 3.37. The molecule has 84 valence electrons. The highest BCUT2D eigenvalue weighted by molar-refractivity contribution is 6.20. The van der Waals surface area contributed by atoms with Gasteiger partial charge < -0.3 is 4.90 Å². The quantitative estimate of drug-likeness (QED) is 0.653. The molecule has 1 aliphatic heterocycles. The maximum absolute atomic E-state index is 6.11. The molecule has 14 heavy (non-hydrogen) atoms. The number of nitrogens with zero attached hydrogens (tertiary/aromatic N) is 1. The zero-order valence-corrected chi connectivity index (χ0v) is 10.6. The van der Waals surface area contributed by atoms with Crippen LogP contribution < -0.4 is 0 Å². The first kappa shape index (κ1) is 12.3. The van der Waals surface area contributed by atoms with E-state index in [-0.39, 0.29) is 0 Å². The van der Waals surface area contributed by atoms with Crippen LogP contribution in [0.2, 0.25) is 0 Å². The van der Waals surface area contributed by atoms with E-state index in [4.69, 9.17) is 11.6 Å². The van der Waals surface area contributed by atoms with Crippen molar-refractivity contribution in [1.82, 2.24) is 4.90 Å². The van der Waals surface area contributed by atoms with Gasteiger partial charge in [-0.1, -0.05) is 13.8 Å². The minimum atomic E-state index is 0.363. The summed E-state index contributed by atoms with van der Waals surface area (Å²) in [5.41, 5.74) is 0. The Kier molecular flexibility index (Phi) is 5.25. The van der Waals surface area contributed by atoms with E-state index in [0.29, 0.717) is 5.38 Å². The van der Waals surface area contributed by atoms with Crippen LogP contribution in [0.15, 0.2) is 0 Å². The lowest BCUT2D eigenvalue weighted by Gasteiger charge is -2.33. The second-order valence-electron chi connectivity index (χ2n) is 5.04. The summed E-state index contributed by atoms with van der Waals surface area (Å²) < 4.78 is 0. The van der Waals surface area contributed by atoms with Gasteiger partial charge in [-0.05, 0) is 57.7 Å². The Balaban J connectivity index is 2.16. The van der Waals surface area contributed by atoms with Gasteiger partial charge >= 0.3 is 0 Å². The van der Waals surface area contributed by atoms with E-state index in [1.807, 2.05) is 0 Å². The maximum Gasteiger partial charge on any atom is 0.0337 e. The smallest absolute Gasteiger partial charge is 0.0337 e. The molecule has 0 N–H and O–H groups in total. The molecule has 0 spiro atoms. The van der Waals surface area contributed by atoms with Gasteiger partial charge in [0.1, 0.15) is 0 Å². The minimum Gasteiger partial charge on any atom is -0.303 e. The predicted molar refractivity (Wildman–Crippen MR) is 63.9 cm³/mol. The van der Waals surface area contributed by atoms with Gasteiger partial charge in [-0.3, -0.25) is 0 Å². The van der Waals surface area contributed by atoms with Crippen molar-refractivity contribution >= 4 is 11.6 Å². The molecule has 2 heteroatoms. The van der Waals surface area contributed by atoms with Gasteiger partial charge in [-0.25, -0.2) is 0 Å². The topological polar surface area (TPSA) is 3.24 Å². The second kappa shape index (κ2) is 5.97. The van der Waals surface area contributed by atoms with Crippen molar-refractivity contribution in [3.8, 4) is 0 Å². The zero-order valence-electron chi connectivity index (χ0n) is 9.80. The molecule has 1 rings (SSSR count). The summed E-state index contributed by atoms with van der Waals surface area (Å²) in [6, 6.07) is 0. The van der Waals surface area contributed by atoms with E-state index in [9.17, 15) is 0 Å². The van der Waals surface area contributed by atoms with Crippen LogP contribution in [0.1, 0.15) is 40.0 Å². The van der Waals surface area contributed by atoms with E-state index in [1.54, 1.807) is 0 Å². The molecule has 1 nitrogen and oxygen atoms in total. The molecule has 0 aromatic rings. The second-order valence-corrected chi connectivity index (χ2v) is 5.73. The average molecular weight is 218 g/mol. The molecular weight excluding hydrogens is 194 g/mol. The highest BCUT2D eigenvalue weighted by Crippen LogP contribution is 2.24. The van der Waals surface area contributed by atoms with E-state index in [0.717, 1.165) is 11.8 Å². The Hall–Kier alpha value is 0.250. The lowest BCUT2D eigenvalue weighted by atomic mass is 9.93. The Labute approximate surface area is 93.8 Å². The van der Waals surface area contributed by atoms with Crippen LogP contribution in [0.5, 0.6) is 0 Å². The molecule has 0 radical (unpaired) electrons. The van der Waals surface area contributed by atoms with E-state index < -0.39 is 0 Å². The van der Waals surface area contributed by atoms with Gasteiger partial charge in [-0.15, -0.1) is 11.6 Å². The number of hydrogen-bond donors (Lipinski definition) is 0. The normalized spacial score (nSPS) is 22.9. The zero-order chi connectivity index (χ0) is 10.6. The fourth-order valence-corrected chi connectivity index (χ4v) is 2.33. The number of alkyl halides is 1. The SMILES string of the molecule is CC(C)CCN1CCC(C(C)Cl)CC1. The average Bonchev–Trinajstić information content (AvgIpc) is 2.15. The van der Waals surface area contributed by atoms with Crippen molar-refractivity contribution in [3.63, 3.8) is 0 Å². The molecule has 0 bridgehead atoms. The first-order valence-corrected chi connectivity index (χ1v) is 6.39. The molecule has 1 aliphatic rings. The number of rotatable bonds is 4. The van der Waals surface area contributed by atoms with E-state index >= 15 is 0 Å². The lowest BCUT2D eigenvalue weighted by molar-refractivity contribution is 0.176. The van der Waals surface area contributed by atoms with Crippen molar-refractivity contribution in [1.29, 1.82) is 0 Å². The van der Waals surface area contributed by atoms with Gasteiger partial charge in [0.15, 0.2) is 0 Å². The summed E-state index contributed by atoms with van der Waals surface area (Å²) in [6.07, 6.45) is 3.92. The highest BCUT2D eigenvalue weighted by Gasteiger charge is 2.22. The number of likely N-dealkylation sites (tertiary alicyclic amines) is 1. The van der Waals surface area contributed by atoms with Crippen LogP contribution in [0.4, 0.5) is 0 Å². The van der Waals surface area contributed by atoms with Crippen LogP contribution >= 0.6 is 11.6 Å². The molecule has 1 saturated heterocycles. The summed E-state index contributed by atoms with van der Waals surface area (Å²) in [4.78, 5) is 2.59. The van der Waals surface area contributed by atoms with Gasteiger partial charge in [0.05, 0.1) is 0 Å². The molecule has 0 aromatic heterocycles. The summed E-state index contributed by atoms with van der Waals surface area (Å²) >= 11 is 6.11. The van der Waals surface area contributed by atoms with Crippen molar-refractivity contribution in [2.75, 3.05) is 19.6 Å². The molecule has 0 amide bonds. The van der Waals surface area contributed by atoms with Crippen LogP contribution in [-0.4, -0.2) is 29.9 Å². The third-order valence-corrected chi connectivity index (χ3v) is 3.66. The van der Waals surface area contributed by atoms with E-state index in [1.165, 1.54) is 38.9 Å². The maximum atomic E-state index is 6.11. The van der Waals surface area contributed by atoms with Crippen molar-refractivity contribution < 1.29 is 0 Å². The highest BCUT2D eigenvalue weighted by atomic mass is 35.5. The minimum absolute atomic E-state index is 0.363. The Morgan fingerprint density at radius 1 is 1.21 bits per heavy atom. The van der Waals surface area contributed by atoms with Crippen LogP contribution in [0, 0.1) is 11.8 Å². The summed E-state index contributed by atoms with van der Waals surface area (Å²) in [5.74, 6) is 1.59. The molecule has 1 atom stereocenters. The standard InChI is InChI=1S/C12H24ClN/c1-10(2)4-7-14-8-5-12(6-9-14)11(3)13/h10-12H,4-9H2,1-3H3. The third-order valence-electron chi connectivity index (χ3n) is 3.30. The van der Waals surface area contributed by atoms with Gasteiger partial charge in [0.2, 0.25) is 0 Å². The van der Waals surface area contributed by atoms with Gasteiger partial charge in [-0.2, -0.15) is 0 Å². The molecule has 0 saturated carbocycles. The monoisotopic (exact) mass is 217 g/mol. The summed E-state index contributed by atoms with van der Waals surface area (Å²) in [5, 5.41) is 0.363. The molecule has 1 heterocycles. The van der Waals surface area contributed by atoms with Crippen LogP contribution in [0.25, 0.3) is 0 Å². The third kappa shape index (κ3) is 4.18. The number of hydrogen-bond acceptors (Lipinski definition) is 1. The summed E-state index contributed by atoms with van der Waals surface area (Å²) in [7, 11) is 0. The van der Waals surface area contributed by atoms with Crippen molar-refractivity contribution in [3.05, 3.63) is 0 Å². The Bertz CT molecular complexity index is 148.